The number of halogens is 3. The van der Waals surface area contributed by atoms with Gasteiger partial charge in [0.05, 0.1) is 0 Å². The van der Waals surface area contributed by atoms with E-state index in [1.807, 2.05) is 0 Å². The van der Waals surface area contributed by atoms with Gasteiger partial charge in [0.15, 0.2) is 5.78 Å². The first kappa shape index (κ1) is 23.7. The minimum absolute atomic E-state index is 0.0623. The third-order valence-corrected chi connectivity index (χ3v) is 5.91. The highest BCUT2D eigenvalue weighted by molar-refractivity contribution is 6.04. The fourth-order valence-electron chi connectivity index (χ4n) is 4.44. The number of carbonyl (C=O) groups excluding carboxylic acids is 3. The Morgan fingerprint density at radius 3 is 2.29 bits per heavy atom. The summed E-state index contributed by atoms with van der Waals surface area (Å²) >= 11 is 0. The van der Waals surface area contributed by atoms with Crippen LogP contribution in [-0.2, 0) is 4.74 Å². The molecule has 1 aromatic heterocycles. The van der Waals surface area contributed by atoms with Gasteiger partial charge < -0.3 is 15.0 Å². The van der Waals surface area contributed by atoms with Crippen LogP contribution < -0.4 is 5.32 Å². The average Bonchev–Trinajstić information content (AvgIpc) is 2.63. The molecule has 1 aliphatic heterocycles. The van der Waals surface area contributed by atoms with Gasteiger partial charge in [-0.3, -0.25) is 9.59 Å². The Morgan fingerprint density at radius 2 is 1.71 bits per heavy atom. The lowest BCUT2D eigenvalue weighted by atomic mass is 9.56. The number of carbonyl (C=O) groups is 3. The van der Waals surface area contributed by atoms with Crippen LogP contribution in [0.3, 0.4) is 0 Å². The molecule has 0 unspecified atom stereocenters. The van der Waals surface area contributed by atoms with Crippen molar-refractivity contribution in [2.45, 2.75) is 39.2 Å². The van der Waals surface area contributed by atoms with E-state index in [-0.39, 0.29) is 34.7 Å². The highest BCUT2D eigenvalue weighted by Crippen LogP contribution is 2.53. The Labute approximate surface area is 194 Å². The standard InChI is InChI=1S/C24H24F3N3O4/c1-23(2,3)34-22(33)30-11-24(12-30)9-13(10-24)20(31)17-5-4-6-18(28-17)29-21(32)19-15(26)7-14(25)8-16(19)27/h4-8,13H,9-12H2,1-3H3,(H,28,29,32). The van der Waals surface area contributed by atoms with Gasteiger partial charge in [0, 0.05) is 36.6 Å². The van der Waals surface area contributed by atoms with Crippen molar-refractivity contribution < 1.29 is 32.3 Å². The number of likely N-dealkylation sites (tertiary alicyclic amines) is 1. The van der Waals surface area contributed by atoms with Crippen LogP contribution in [0.5, 0.6) is 0 Å². The summed E-state index contributed by atoms with van der Waals surface area (Å²) in [4.78, 5) is 43.0. The predicted octanol–water partition coefficient (Wildman–Crippen LogP) is 4.58. The second-order valence-corrected chi connectivity index (χ2v) is 9.91. The predicted molar refractivity (Wildman–Crippen MR) is 116 cm³/mol. The van der Waals surface area contributed by atoms with Gasteiger partial charge in [0.25, 0.3) is 5.91 Å². The summed E-state index contributed by atoms with van der Waals surface area (Å²) in [6.45, 7) is 6.46. The first-order chi connectivity index (χ1) is 15.9. The summed E-state index contributed by atoms with van der Waals surface area (Å²) in [6.07, 6.45) is 0.845. The summed E-state index contributed by atoms with van der Waals surface area (Å²) in [5, 5.41) is 2.24. The molecule has 2 amide bonds. The number of ether oxygens (including phenoxy) is 1. The number of hydrogen-bond donors (Lipinski definition) is 1. The Kier molecular flexibility index (Phi) is 5.87. The van der Waals surface area contributed by atoms with Crippen LogP contribution in [0.1, 0.15) is 54.5 Å². The summed E-state index contributed by atoms with van der Waals surface area (Å²) in [5.74, 6) is -5.52. The molecule has 7 nitrogen and oxygen atoms in total. The lowest BCUT2D eigenvalue weighted by molar-refractivity contribution is -0.0865. The number of nitrogens with one attached hydrogen (secondary N) is 1. The zero-order valence-corrected chi connectivity index (χ0v) is 19.0. The maximum atomic E-state index is 13.9. The van der Waals surface area contributed by atoms with Crippen molar-refractivity contribution in [1.82, 2.24) is 9.88 Å². The van der Waals surface area contributed by atoms with Gasteiger partial charge in [0.1, 0.15) is 40.1 Å². The molecule has 2 aliphatic rings. The highest BCUT2D eigenvalue weighted by atomic mass is 19.1. The van der Waals surface area contributed by atoms with Crippen molar-refractivity contribution in [3.63, 3.8) is 0 Å². The molecule has 34 heavy (non-hydrogen) atoms. The van der Waals surface area contributed by atoms with E-state index in [1.54, 1.807) is 25.7 Å². The summed E-state index contributed by atoms with van der Waals surface area (Å²) in [5.41, 5.74) is -1.50. The molecule has 1 aromatic carbocycles. The topological polar surface area (TPSA) is 88.6 Å². The molecular formula is C24H24F3N3O4. The average molecular weight is 475 g/mol. The molecule has 4 rings (SSSR count). The maximum Gasteiger partial charge on any atom is 0.410 e. The maximum absolute atomic E-state index is 13.9. The van der Waals surface area contributed by atoms with E-state index < -0.39 is 34.5 Å². The molecule has 1 saturated heterocycles. The van der Waals surface area contributed by atoms with E-state index in [2.05, 4.69) is 10.3 Å². The minimum atomic E-state index is -1.34. The molecule has 1 aliphatic carbocycles. The van der Waals surface area contributed by atoms with Gasteiger partial charge in [0.2, 0.25) is 0 Å². The van der Waals surface area contributed by atoms with Gasteiger partial charge in [-0.2, -0.15) is 0 Å². The highest BCUT2D eigenvalue weighted by Gasteiger charge is 2.56. The molecular weight excluding hydrogens is 451 g/mol. The molecule has 0 atom stereocenters. The number of benzene rings is 1. The molecule has 0 radical (unpaired) electrons. The molecule has 0 bridgehead atoms. The fourth-order valence-corrected chi connectivity index (χ4v) is 4.44. The number of aromatic nitrogens is 1. The molecule has 2 heterocycles. The van der Waals surface area contributed by atoms with Crippen LogP contribution in [0.25, 0.3) is 0 Å². The number of Topliss-reactive ketones (excluding diaryl/α,β-unsaturated/α-hetero) is 1. The lowest BCUT2D eigenvalue weighted by Gasteiger charge is -2.58. The molecule has 180 valence electrons. The summed E-state index contributed by atoms with van der Waals surface area (Å²) in [7, 11) is 0. The van der Waals surface area contributed by atoms with Gasteiger partial charge in [-0.15, -0.1) is 0 Å². The molecule has 2 aromatic rings. The molecule has 1 spiro atoms. The van der Waals surface area contributed by atoms with Crippen molar-refractivity contribution in [2.75, 3.05) is 18.4 Å². The Bertz CT molecular complexity index is 1140. The van der Waals surface area contributed by atoms with Gasteiger partial charge in [-0.1, -0.05) is 6.07 Å². The van der Waals surface area contributed by atoms with Gasteiger partial charge in [-0.05, 0) is 45.7 Å². The quantitative estimate of drug-likeness (QED) is 0.654. The third-order valence-electron chi connectivity index (χ3n) is 5.91. The van der Waals surface area contributed by atoms with Crippen molar-refractivity contribution in [2.24, 2.45) is 11.3 Å². The third kappa shape index (κ3) is 4.76. The SMILES string of the molecule is CC(C)(C)OC(=O)N1CC2(CC(C(=O)c3cccc(NC(=O)c4c(F)cc(F)cc4F)n3)C2)C1. The van der Waals surface area contributed by atoms with Crippen molar-refractivity contribution in [3.05, 3.63) is 59.0 Å². The Balaban J connectivity index is 1.35. The van der Waals surface area contributed by atoms with Crippen LogP contribution in [0, 0.1) is 28.8 Å². The monoisotopic (exact) mass is 475 g/mol. The van der Waals surface area contributed by atoms with E-state index in [4.69, 9.17) is 4.74 Å². The van der Waals surface area contributed by atoms with E-state index in [9.17, 15) is 27.6 Å². The van der Waals surface area contributed by atoms with Crippen molar-refractivity contribution in [3.8, 4) is 0 Å². The van der Waals surface area contributed by atoms with E-state index in [1.165, 1.54) is 18.2 Å². The van der Waals surface area contributed by atoms with Crippen LogP contribution >= 0.6 is 0 Å². The van der Waals surface area contributed by atoms with E-state index >= 15 is 0 Å². The van der Waals surface area contributed by atoms with Gasteiger partial charge >= 0.3 is 6.09 Å². The molecule has 1 saturated carbocycles. The lowest BCUT2D eigenvalue weighted by Crippen LogP contribution is -2.65. The molecule has 1 N–H and O–H groups in total. The van der Waals surface area contributed by atoms with Crippen molar-refractivity contribution in [1.29, 1.82) is 0 Å². The van der Waals surface area contributed by atoms with E-state index in [0.29, 0.717) is 38.1 Å². The minimum Gasteiger partial charge on any atom is -0.444 e. The molecule has 10 heteroatoms. The number of rotatable bonds is 4. The number of hydrogen-bond acceptors (Lipinski definition) is 5. The number of amides is 2. The van der Waals surface area contributed by atoms with Crippen LogP contribution in [-0.4, -0.2) is 46.4 Å². The van der Waals surface area contributed by atoms with E-state index in [0.717, 1.165) is 0 Å². The zero-order valence-electron chi connectivity index (χ0n) is 19.0. The zero-order chi connectivity index (χ0) is 24.8. The second-order valence-electron chi connectivity index (χ2n) is 9.91. The Morgan fingerprint density at radius 1 is 1.09 bits per heavy atom. The van der Waals surface area contributed by atoms with Crippen LogP contribution in [0.4, 0.5) is 23.8 Å². The first-order valence-corrected chi connectivity index (χ1v) is 10.8. The number of nitrogens with zero attached hydrogens (tertiary/aromatic N) is 2. The largest absolute Gasteiger partial charge is 0.444 e. The molecule has 2 fully saturated rings. The smallest absolute Gasteiger partial charge is 0.410 e. The summed E-state index contributed by atoms with van der Waals surface area (Å²) < 4.78 is 46.1. The fraction of sp³-hybridized carbons (Fsp3) is 0.417. The van der Waals surface area contributed by atoms with Crippen LogP contribution in [0.15, 0.2) is 30.3 Å². The first-order valence-electron chi connectivity index (χ1n) is 10.8. The second kappa shape index (κ2) is 8.41. The number of ketones is 1. The number of pyridine rings is 1. The van der Waals surface area contributed by atoms with Crippen LogP contribution in [0.2, 0.25) is 0 Å². The number of anilines is 1. The van der Waals surface area contributed by atoms with Crippen molar-refractivity contribution >= 4 is 23.6 Å². The summed E-state index contributed by atoms with van der Waals surface area (Å²) in [6, 6.07) is 5.18. The normalized spacial score (nSPS) is 17.1. The van der Waals surface area contributed by atoms with Gasteiger partial charge in [-0.25, -0.2) is 22.9 Å². The Hall–Kier alpha value is -3.43.